The average Bonchev–Trinajstić information content (AvgIpc) is 1.78. The number of alkyl halides is 3. The minimum Gasteiger partial charge on any atom is -0.444 e. The Kier molecular flexibility index (Phi) is 3.33. The molecule has 0 heterocycles. The predicted octanol–water partition coefficient (Wildman–Crippen LogP) is 0.636. The van der Waals surface area contributed by atoms with Gasteiger partial charge in [-0.1, -0.05) is 5.92 Å². The van der Waals surface area contributed by atoms with Gasteiger partial charge in [-0.3, -0.25) is 0 Å². The lowest BCUT2D eigenvalue weighted by Crippen LogP contribution is -2.02. The lowest BCUT2D eigenvalue weighted by Gasteiger charge is -1.91. The first-order valence-corrected chi connectivity index (χ1v) is 2.12. The summed E-state index contributed by atoms with van der Waals surface area (Å²) in [5.41, 5.74) is 0. The first-order chi connectivity index (χ1) is 4.56. The zero-order valence-electron chi connectivity index (χ0n) is 4.66. The molecule has 1 radical (unpaired) electrons. The Morgan fingerprint density at radius 3 is 2.40 bits per heavy atom. The Hall–Kier alpha value is -1.18. The van der Waals surface area contributed by atoms with Gasteiger partial charge >= 0.3 is 12.6 Å². The summed E-state index contributed by atoms with van der Waals surface area (Å²) in [5, 5.41) is 0. The largest absolute Gasteiger partial charge is 0.457 e. The Bertz CT molecular complexity index is 162. The Morgan fingerprint density at radius 1 is 1.40 bits per heavy atom. The first-order valence-electron chi connectivity index (χ1n) is 2.12. The van der Waals surface area contributed by atoms with Crippen molar-refractivity contribution < 1.29 is 22.7 Å². The van der Waals surface area contributed by atoms with Crippen molar-refractivity contribution in [2.24, 2.45) is 0 Å². The van der Waals surface area contributed by atoms with Gasteiger partial charge in [0.1, 0.15) is 0 Å². The van der Waals surface area contributed by atoms with E-state index in [0.717, 1.165) is 12.4 Å². The van der Waals surface area contributed by atoms with Gasteiger partial charge in [-0.05, 0) is 0 Å². The number of rotatable bonds is 2. The van der Waals surface area contributed by atoms with E-state index >= 15 is 0 Å². The molecular formula is C5H2F3O2. The molecule has 0 N–H and O–H groups in total. The summed E-state index contributed by atoms with van der Waals surface area (Å²) in [6, 6.07) is 0. The van der Waals surface area contributed by atoms with Crippen molar-refractivity contribution in [3.63, 3.8) is 0 Å². The lowest BCUT2D eigenvalue weighted by molar-refractivity contribution is -0.0698. The van der Waals surface area contributed by atoms with Crippen molar-refractivity contribution in [1.29, 1.82) is 0 Å². The molecule has 0 bridgehead atoms. The van der Waals surface area contributed by atoms with Gasteiger partial charge < -0.3 is 4.74 Å². The van der Waals surface area contributed by atoms with E-state index in [0.29, 0.717) is 0 Å². The van der Waals surface area contributed by atoms with E-state index in [1.165, 1.54) is 0 Å². The predicted molar refractivity (Wildman–Crippen MR) is 25.5 cm³/mol. The third-order valence-corrected chi connectivity index (χ3v) is 0.433. The second-order valence-electron chi connectivity index (χ2n) is 1.17. The van der Waals surface area contributed by atoms with Gasteiger partial charge in [0.05, 0.1) is 0 Å². The molecule has 0 saturated heterocycles. The van der Waals surface area contributed by atoms with Crippen LogP contribution in [0.2, 0.25) is 0 Å². The third kappa shape index (κ3) is 6.82. The molecule has 0 atom stereocenters. The van der Waals surface area contributed by atoms with Crippen LogP contribution in [-0.4, -0.2) is 19.3 Å². The maximum absolute atomic E-state index is 11.2. The smallest absolute Gasteiger partial charge is 0.444 e. The second-order valence-corrected chi connectivity index (χ2v) is 1.17. The van der Waals surface area contributed by atoms with Crippen molar-refractivity contribution in [2.45, 2.75) is 6.18 Å². The van der Waals surface area contributed by atoms with E-state index in [4.69, 9.17) is 0 Å². The van der Waals surface area contributed by atoms with Gasteiger partial charge in [0.25, 0.3) is 0 Å². The molecule has 0 fully saturated rings. The van der Waals surface area contributed by atoms with Crippen molar-refractivity contribution in [1.82, 2.24) is 0 Å². The fourth-order valence-electron chi connectivity index (χ4n) is 0.202. The quantitative estimate of drug-likeness (QED) is 0.427. The van der Waals surface area contributed by atoms with Gasteiger partial charge in [0.2, 0.25) is 0 Å². The minimum absolute atomic E-state index is 0.580. The first kappa shape index (κ1) is 8.82. The highest BCUT2D eigenvalue weighted by Crippen LogP contribution is 2.11. The van der Waals surface area contributed by atoms with Crippen molar-refractivity contribution in [3.8, 4) is 11.8 Å². The van der Waals surface area contributed by atoms with E-state index in [9.17, 15) is 18.0 Å². The highest BCUT2D eigenvalue weighted by atomic mass is 19.4. The molecule has 5 heteroatoms. The SMILES string of the molecule is O=[C]OCC#CC(F)(F)F. The summed E-state index contributed by atoms with van der Waals surface area (Å²) in [5.74, 6) is 2.47. The van der Waals surface area contributed by atoms with Crippen molar-refractivity contribution in [3.05, 3.63) is 0 Å². The van der Waals surface area contributed by atoms with Crippen LogP contribution in [0.25, 0.3) is 0 Å². The molecule has 0 rings (SSSR count). The van der Waals surface area contributed by atoms with E-state index < -0.39 is 12.8 Å². The zero-order valence-corrected chi connectivity index (χ0v) is 4.66. The zero-order chi connectivity index (χ0) is 8.04. The number of hydrogen-bond acceptors (Lipinski definition) is 2. The topological polar surface area (TPSA) is 26.3 Å². The van der Waals surface area contributed by atoms with E-state index in [1.54, 1.807) is 5.92 Å². The molecule has 0 aliphatic carbocycles. The lowest BCUT2D eigenvalue weighted by atomic mass is 10.6. The molecule has 0 aliphatic rings. The average molecular weight is 151 g/mol. The van der Waals surface area contributed by atoms with E-state index in [1.807, 2.05) is 0 Å². The number of ether oxygens (including phenoxy) is 1. The maximum Gasteiger partial charge on any atom is 0.457 e. The summed E-state index contributed by atoms with van der Waals surface area (Å²) in [6.45, 7) is 0.354. The second kappa shape index (κ2) is 3.77. The molecule has 0 aromatic rings. The molecule has 10 heavy (non-hydrogen) atoms. The molecule has 2 nitrogen and oxygen atoms in total. The van der Waals surface area contributed by atoms with Crippen LogP contribution in [-0.2, 0) is 9.53 Å². The number of halogens is 3. The molecule has 0 saturated carbocycles. The molecule has 0 aromatic carbocycles. The van der Waals surface area contributed by atoms with Crippen LogP contribution in [0.15, 0.2) is 0 Å². The highest BCUT2D eigenvalue weighted by molar-refractivity contribution is 5.38. The molecule has 55 valence electrons. The molecule has 0 spiro atoms. The summed E-state index contributed by atoms with van der Waals surface area (Å²) in [4.78, 5) is 9.23. The van der Waals surface area contributed by atoms with Crippen molar-refractivity contribution in [2.75, 3.05) is 6.61 Å². The Labute approximate surface area is 55.0 Å². The van der Waals surface area contributed by atoms with Crippen molar-refractivity contribution >= 4 is 6.47 Å². The van der Waals surface area contributed by atoms with Crippen LogP contribution in [0.1, 0.15) is 0 Å². The molecule has 0 aliphatic heterocycles. The standard InChI is InChI=1S/C5H2F3O2/c6-5(7,8)2-1-3-10-4-9/h3H2. The summed E-state index contributed by atoms with van der Waals surface area (Å²) in [7, 11) is 0. The van der Waals surface area contributed by atoms with Crippen LogP contribution < -0.4 is 0 Å². The fraction of sp³-hybridized carbons (Fsp3) is 0.400. The van der Waals surface area contributed by atoms with Crippen LogP contribution in [0.5, 0.6) is 0 Å². The Balaban J connectivity index is 3.59. The summed E-state index contributed by atoms with van der Waals surface area (Å²) >= 11 is 0. The van der Waals surface area contributed by atoms with Crippen LogP contribution in [0, 0.1) is 11.8 Å². The highest BCUT2D eigenvalue weighted by Gasteiger charge is 2.22. The van der Waals surface area contributed by atoms with Crippen LogP contribution in [0.3, 0.4) is 0 Å². The van der Waals surface area contributed by atoms with Gasteiger partial charge in [0, 0.05) is 5.92 Å². The third-order valence-electron chi connectivity index (χ3n) is 0.433. The van der Waals surface area contributed by atoms with Gasteiger partial charge in [-0.15, -0.1) is 0 Å². The monoisotopic (exact) mass is 151 g/mol. The fourth-order valence-corrected chi connectivity index (χ4v) is 0.202. The summed E-state index contributed by atoms with van der Waals surface area (Å²) in [6.07, 6.45) is -4.52. The minimum atomic E-state index is -4.52. The summed E-state index contributed by atoms with van der Waals surface area (Å²) < 4.78 is 37.2. The molecule has 0 unspecified atom stereocenters. The number of carbonyl (C=O) groups excluding carboxylic acids is 1. The maximum atomic E-state index is 11.2. The molecule has 0 aromatic heterocycles. The van der Waals surface area contributed by atoms with Gasteiger partial charge in [-0.25, -0.2) is 4.79 Å². The molecular weight excluding hydrogens is 149 g/mol. The van der Waals surface area contributed by atoms with E-state index in [2.05, 4.69) is 4.74 Å². The number of hydrogen-bond donors (Lipinski definition) is 0. The van der Waals surface area contributed by atoms with E-state index in [-0.39, 0.29) is 0 Å². The van der Waals surface area contributed by atoms with Gasteiger partial charge in [-0.2, -0.15) is 13.2 Å². The van der Waals surface area contributed by atoms with Crippen LogP contribution in [0.4, 0.5) is 13.2 Å². The van der Waals surface area contributed by atoms with Gasteiger partial charge in [0.15, 0.2) is 6.61 Å². The normalized spacial score (nSPS) is 9.50. The van der Waals surface area contributed by atoms with Crippen LogP contribution >= 0.6 is 0 Å². The molecule has 0 amide bonds. The Morgan fingerprint density at radius 2 is 2.00 bits per heavy atom.